The quantitative estimate of drug-likeness (QED) is 0.680. The number of amides is 2. The maximum atomic E-state index is 11.5. The number of nitrogens with two attached hydrogens (primary N) is 1. The van der Waals surface area contributed by atoms with Gasteiger partial charge in [0.1, 0.15) is 5.38 Å². The van der Waals surface area contributed by atoms with Crippen molar-refractivity contribution in [1.82, 2.24) is 4.90 Å². The Hall–Kier alpha value is -0.770. The monoisotopic (exact) mass is 218 g/mol. The van der Waals surface area contributed by atoms with Gasteiger partial charge < -0.3 is 10.6 Å². The number of nitrogens with zero attached hydrogens (tertiary/aromatic N) is 1. The number of carbonyl (C=O) groups is 2. The second-order valence-electron chi connectivity index (χ2n) is 3.64. The van der Waals surface area contributed by atoms with E-state index in [0.717, 1.165) is 12.8 Å². The first-order chi connectivity index (χ1) is 6.52. The van der Waals surface area contributed by atoms with Crippen molar-refractivity contribution in [2.45, 2.75) is 25.1 Å². The van der Waals surface area contributed by atoms with E-state index in [1.165, 1.54) is 0 Å². The number of likely N-dealkylation sites (tertiary alicyclic amines) is 1. The van der Waals surface area contributed by atoms with E-state index in [4.69, 9.17) is 17.3 Å². The van der Waals surface area contributed by atoms with Crippen LogP contribution in [0.2, 0.25) is 0 Å². The van der Waals surface area contributed by atoms with Crippen LogP contribution in [0.4, 0.5) is 0 Å². The Balaban J connectivity index is 2.56. The molecule has 0 saturated carbocycles. The number of alkyl halides is 1. The number of halogens is 1. The Bertz CT molecular complexity index is 243. The molecule has 0 aromatic rings. The third-order valence-corrected chi connectivity index (χ3v) is 2.66. The summed E-state index contributed by atoms with van der Waals surface area (Å²) in [5.41, 5.74) is 5.20. The average molecular weight is 219 g/mol. The molecule has 0 aliphatic carbocycles. The van der Waals surface area contributed by atoms with Gasteiger partial charge in [0.15, 0.2) is 0 Å². The number of primary amides is 1. The van der Waals surface area contributed by atoms with Crippen LogP contribution in [0, 0.1) is 5.92 Å². The molecule has 2 N–H and O–H groups in total. The lowest BCUT2D eigenvalue weighted by molar-refractivity contribution is -0.134. The van der Waals surface area contributed by atoms with Gasteiger partial charge in [0.25, 0.3) is 0 Å². The average Bonchev–Trinajstić information content (AvgIpc) is 2.16. The lowest BCUT2D eigenvalue weighted by Crippen LogP contribution is -2.46. The molecule has 0 radical (unpaired) electrons. The molecule has 1 aliphatic heterocycles. The summed E-state index contributed by atoms with van der Waals surface area (Å²) < 4.78 is 0. The van der Waals surface area contributed by atoms with Gasteiger partial charge in [-0.2, -0.15) is 0 Å². The fourth-order valence-electron chi connectivity index (χ4n) is 1.66. The van der Waals surface area contributed by atoms with Crippen molar-refractivity contribution in [2.75, 3.05) is 13.1 Å². The minimum Gasteiger partial charge on any atom is -0.369 e. The van der Waals surface area contributed by atoms with Gasteiger partial charge in [-0.05, 0) is 19.8 Å². The molecular weight excluding hydrogens is 204 g/mol. The first-order valence-corrected chi connectivity index (χ1v) is 5.18. The molecule has 2 atom stereocenters. The summed E-state index contributed by atoms with van der Waals surface area (Å²) in [6, 6.07) is 0. The summed E-state index contributed by atoms with van der Waals surface area (Å²) in [6.45, 7) is 2.74. The summed E-state index contributed by atoms with van der Waals surface area (Å²) in [5.74, 6) is -0.648. The molecule has 0 aromatic carbocycles. The summed E-state index contributed by atoms with van der Waals surface area (Å²) in [4.78, 5) is 24.1. The van der Waals surface area contributed by atoms with Crippen LogP contribution < -0.4 is 5.73 Å². The molecule has 0 bridgehead atoms. The zero-order chi connectivity index (χ0) is 10.7. The third kappa shape index (κ3) is 2.61. The summed E-state index contributed by atoms with van der Waals surface area (Å²) in [6.07, 6.45) is 1.60. The normalized spacial score (nSPS) is 24.4. The van der Waals surface area contributed by atoms with E-state index < -0.39 is 5.38 Å². The molecule has 0 aromatic heterocycles. The predicted molar refractivity (Wildman–Crippen MR) is 53.8 cm³/mol. The predicted octanol–water partition coefficient (Wildman–Crippen LogP) is 0.338. The minimum absolute atomic E-state index is 0.113. The Morgan fingerprint density at radius 2 is 2.21 bits per heavy atom. The van der Waals surface area contributed by atoms with Gasteiger partial charge in [0.05, 0.1) is 5.92 Å². The van der Waals surface area contributed by atoms with Crippen LogP contribution in [0.1, 0.15) is 19.8 Å². The minimum atomic E-state index is -0.526. The van der Waals surface area contributed by atoms with Gasteiger partial charge >= 0.3 is 0 Å². The topological polar surface area (TPSA) is 63.4 Å². The van der Waals surface area contributed by atoms with E-state index in [9.17, 15) is 9.59 Å². The zero-order valence-electron chi connectivity index (χ0n) is 8.20. The summed E-state index contributed by atoms with van der Waals surface area (Å²) in [7, 11) is 0. The maximum absolute atomic E-state index is 11.5. The van der Waals surface area contributed by atoms with Crippen LogP contribution >= 0.6 is 11.6 Å². The van der Waals surface area contributed by atoms with Crippen LogP contribution in [0.15, 0.2) is 0 Å². The first kappa shape index (κ1) is 11.3. The van der Waals surface area contributed by atoms with E-state index in [1.807, 2.05) is 0 Å². The molecule has 1 saturated heterocycles. The Morgan fingerprint density at radius 1 is 1.57 bits per heavy atom. The van der Waals surface area contributed by atoms with Gasteiger partial charge in [-0.15, -0.1) is 11.6 Å². The third-order valence-electron chi connectivity index (χ3n) is 2.48. The smallest absolute Gasteiger partial charge is 0.240 e. The molecule has 14 heavy (non-hydrogen) atoms. The summed E-state index contributed by atoms with van der Waals surface area (Å²) in [5, 5.41) is -0.526. The van der Waals surface area contributed by atoms with E-state index >= 15 is 0 Å². The highest BCUT2D eigenvalue weighted by atomic mass is 35.5. The lowest BCUT2D eigenvalue weighted by atomic mass is 9.97. The van der Waals surface area contributed by atoms with Crippen LogP contribution in [-0.4, -0.2) is 35.2 Å². The van der Waals surface area contributed by atoms with Crippen molar-refractivity contribution in [3.8, 4) is 0 Å². The maximum Gasteiger partial charge on any atom is 0.240 e. The van der Waals surface area contributed by atoms with Crippen molar-refractivity contribution in [3.63, 3.8) is 0 Å². The van der Waals surface area contributed by atoms with E-state index in [1.54, 1.807) is 11.8 Å². The molecule has 80 valence electrons. The van der Waals surface area contributed by atoms with Crippen molar-refractivity contribution in [3.05, 3.63) is 0 Å². The molecule has 1 aliphatic rings. The van der Waals surface area contributed by atoms with E-state index in [-0.39, 0.29) is 17.7 Å². The molecule has 2 amide bonds. The molecule has 1 fully saturated rings. The van der Waals surface area contributed by atoms with Gasteiger partial charge in [0, 0.05) is 13.1 Å². The Kier molecular flexibility index (Phi) is 3.75. The highest BCUT2D eigenvalue weighted by Crippen LogP contribution is 2.17. The van der Waals surface area contributed by atoms with Gasteiger partial charge in [-0.25, -0.2) is 0 Å². The van der Waals surface area contributed by atoms with E-state index in [0.29, 0.717) is 13.1 Å². The van der Waals surface area contributed by atoms with Crippen LogP contribution in [0.5, 0.6) is 0 Å². The van der Waals surface area contributed by atoms with Crippen LogP contribution in [0.3, 0.4) is 0 Å². The first-order valence-electron chi connectivity index (χ1n) is 4.74. The molecule has 1 heterocycles. The number of carbonyl (C=O) groups excluding carboxylic acids is 2. The lowest BCUT2D eigenvalue weighted by Gasteiger charge is -2.31. The number of rotatable bonds is 2. The molecule has 0 unspecified atom stereocenters. The second kappa shape index (κ2) is 4.64. The Morgan fingerprint density at radius 3 is 2.71 bits per heavy atom. The van der Waals surface area contributed by atoms with Gasteiger partial charge in [-0.3, -0.25) is 9.59 Å². The molecular formula is C9H15ClN2O2. The van der Waals surface area contributed by atoms with Crippen molar-refractivity contribution in [2.24, 2.45) is 11.7 Å². The molecule has 0 spiro atoms. The fourth-order valence-corrected chi connectivity index (χ4v) is 1.80. The van der Waals surface area contributed by atoms with Crippen LogP contribution in [0.25, 0.3) is 0 Å². The fraction of sp³-hybridized carbons (Fsp3) is 0.778. The highest BCUT2D eigenvalue weighted by Gasteiger charge is 2.28. The number of hydrogen-bond acceptors (Lipinski definition) is 2. The van der Waals surface area contributed by atoms with Crippen molar-refractivity contribution >= 4 is 23.4 Å². The highest BCUT2D eigenvalue weighted by molar-refractivity contribution is 6.30. The number of hydrogen-bond donors (Lipinski definition) is 1. The van der Waals surface area contributed by atoms with Crippen LogP contribution in [-0.2, 0) is 9.59 Å². The Labute approximate surface area is 88.4 Å². The van der Waals surface area contributed by atoms with Crippen molar-refractivity contribution < 1.29 is 9.59 Å². The summed E-state index contributed by atoms with van der Waals surface area (Å²) >= 11 is 5.68. The van der Waals surface area contributed by atoms with Gasteiger partial charge in [-0.1, -0.05) is 0 Å². The number of piperidine rings is 1. The zero-order valence-corrected chi connectivity index (χ0v) is 8.96. The van der Waals surface area contributed by atoms with E-state index in [2.05, 4.69) is 0 Å². The SMILES string of the molecule is C[C@@H](Cl)C(=O)N1CCC[C@@H](C(N)=O)C1. The molecule has 1 rings (SSSR count). The molecule has 5 heteroatoms. The standard InChI is InChI=1S/C9H15ClN2O2/c1-6(10)9(14)12-4-2-3-7(5-12)8(11)13/h6-7H,2-5H2,1H3,(H2,11,13)/t6-,7-/m1/s1. The largest absolute Gasteiger partial charge is 0.369 e. The van der Waals surface area contributed by atoms with Crippen molar-refractivity contribution in [1.29, 1.82) is 0 Å². The molecule has 4 nitrogen and oxygen atoms in total. The second-order valence-corrected chi connectivity index (χ2v) is 4.30. The van der Waals surface area contributed by atoms with Gasteiger partial charge in [0.2, 0.25) is 11.8 Å².